The van der Waals surface area contributed by atoms with Crippen molar-refractivity contribution in [3.05, 3.63) is 105 Å². The minimum absolute atomic E-state index is 0.106. The van der Waals surface area contributed by atoms with Gasteiger partial charge in [-0.1, -0.05) is 51.3 Å². The van der Waals surface area contributed by atoms with Gasteiger partial charge in [0.1, 0.15) is 5.70 Å². The summed E-state index contributed by atoms with van der Waals surface area (Å²) in [6, 6.07) is 22.3. The van der Waals surface area contributed by atoms with Crippen LogP contribution in [-0.2, 0) is 4.79 Å². The first-order valence-electron chi connectivity index (χ1n) is 8.60. The summed E-state index contributed by atoms with van der Waals surface area (Å²) in [5, 5.41) is 4.49. The molecule has 140 valence electrons. The fourth-order valence-electron chi connectivity index (χ4n) is 3.13. The maximum atomic E-state index is 13.2. The molecule has 0 aliphatic carbocycles. The summed E-state index contributed by atoms with van der Waals surface area (Å²) in [6.45, 7) is 0. The molecule has 3 nitrogen and oxygen atoms in total. The summed E-state index contributed by atoms with van der Waals surface area (Å²) in [4.78, 5) is 15.0. The van der Waals surface area contributed by atoms with Gasteiger partial charge in [-0.15, -0.1) is 0 Å². The summed E-state index contributed by atoms with van der Waals surface area (Å²) >= 11 is 15.4. The minimum Gasteiger partial charge on any atom is -0.351 e. The first kappa shape index (κ1) is 19.1. The highest BCUT2D eigenvalue weighted by molar-refractivity contribution is 9.10. The van der Waals surface area contributed by atoms with E-state index in [0.29, 0.717) is 15.7 Å². The van der Waals surface area contributed by atoms with Crippen molar-refractivity contribution in [2.45, 2.75) is 6.04 Å². The first-order valence-corrected chi connectivity index (χ1v) is 10.2. The molecule has 3 aromatic carbocycles. The maximum Gasteiger partial charge on any atom is 0.275 e. The number of benzene rings is 3. The number of hydrogen-bond acceptors (Lipinski definition) is 2. The van der Waals surface area contributed by atoms with Crippen LogP contribution in [0.3, 0.4) is 0 Å². The van der Waals surface area contributed by atoms with Crippen molar-refractivity contribution in [3.8, 4) is 0 Å². The molecule has 0 saturated heterocycles. The number of carbonyl (C=O) groups is 1. The van der Waals surface area contributed by atoms with Crippen LogP contribution in [0.25, 0.3) is 0 Å². The molecule has 0 saturated carbocycles. The van der Waals surface area contributed by atoms with Gasteiger partial charge >= 0.3 is 0 Å². The van der Waals surface area contributed by atoms with Crippen molar-refractivity contribution >= 4 is 56.4 Å². The topological polar surface area (TPSA) is 32.3 Å². The normalized spacial score (nSPS) is 16.2. The number of nitrogens with zero attached hydrogens (tertiary/aromatic N) is 1. The Balaban J connectivity index is 1.72. The Morgan fingerprint density at radius 2 is 1.39 bits per heavy atom. The average molecular weight is 474 g/mol. The fourth-order valence-corrected chi connectivity index (χ4v) is 3.64. The molecule has 1 aliphatic heterocycles. The molecule has 0 spiro atoms. The van der Waals surface area contributed by atoms with Gasteiger partial charge in [-0.3, -0.25) is 9.69 Å². The van der Waals surface area contributed by atoms with E-state index in [2.05, 4.69) is 21.2 Å². The zero-order valence-electron chi connectivity index (χ0n) is 14.6. The zero-order chi connectivity index (χ0) is 19.7. The van der Waals surface area contributed by atoms with Crippen LogP contribution >= 0.6 is 39.1 Å². The molecule has 28 heavy (non-hydrogen) atoms. The highest BCUT2D eigenvalue weighted by atomic mass is 79.9. The molecule has 1 amide bonds. The highest BCUT2D eigenvalue weighted by Crippen LogP contribution is 2.37. The molecule has 4 rings (SSSR count). The molecule has 1 atom stereocenters. The van der Waals surface area contributed by atoms with E-state index in [9.17, 15) is 4.79 Å². The van der Waals surface area contributed by atoms with Crippen LogP contribution < -0.4 is 10.2 Å². The van der Waals surface area contributed by atoms with E-state index < -0.39 is 0 Å². The van der Waals surface area contributed by atoms with Gasteiger partial charge in [-0.2, -0.15) is 0 Å². The second-order valence-electron chi connectivity index (χ2n) is 6.36. The van der Waals surface area contributed by atoms with Crippen molar-refractivity contribution in [1.82, 2.24) is 0 Å². The minimum atomic E-state index is -0.225. The van der Waals surface area contributed by atoms with E-state index in [1.807, 2.05) is 54.6 Å². The third kappa shape index (κ3) is 3.95. The van der Waals surface area contributed by atoms with E-state index >= 15 is 0 Å². The van der Waals surface area contributed by atoms with Gasteiger partial charge in [0.05, 0.1) is 6.04 Å². The van der Waals surface area contributed by atoms with Gasteiger partial charge in [0.25, 0.3) is 5.91 Å². The number of rotatable bonds is 4. The average Bonchev–Trinajstić information content (AvgIpc) is 3.01. The van der Waals surface area contributed by atoms with Crippen molar-refractivity contribution in [2.24, 2.45) is 0 Å². The van der Waals surface area contributed by atoms with Gasteiger partial charge in [-0.05, 0) is 72.3 Å². The van der Waals surface area contributed by atoms with Crippen LogP contribution in [0.5, 0.6) is 0 Å². The maximum absolute atomic E-state index is 13.2. The smallest absolute Gasteiger partial charge is 0.275 e. The summed E-state index contributed by atoms with van der Waals surface area (Å²) in [7, 11) is 0. The van der Waals surface area contributed by atoms with E-state index in [4.69, 9.17) is 23.2 Å². The molecule has 3 aromatic rings. The second-order valence-corrected chi connectivity index (χ2v) is 8.15. The van der Waals surface area contributed by atoms with Crippen molar-refractivity contribution in [1.29, 1.82) is 0 Å². The van der Waals surface area contributed by atoms with Crippen molar-refractivity contribution in [3.63, 3.8) is 0 Å². The first-order chi connectivity index (χ1) is 13.5. The van der Waals surface area contributed by atoms with Gasteiger partial charge in [0.15, 0.2) is 0 Å². The van der Waals surface area contributed by atoms with Gasteiger partial charge in [0, 0.05) is 25.9 Å². The summed E-state index contributed by atoms with van der Waals surface area (Å²) in [5.74, 6) is -0.106. The van der Waals surface area contributed by atoms with Crippen LogP contribution in [0.2, 0.25) is 10.0 Å². The summed E-state index contributed by atoms with van der Waals surface area (Å²) < 4.78 is 0.988. The molecular formula is C22H15BrCl2N2O. The molecule has 0 aromatic heterocycles. The van der Waals surface area contributed by atoms with Crippen LogP contribution in [0.1, 0.15) is 11.6 Å². The lowest BCUT2D eigenvalue weighted by molar-refractivity contribution is -0.114. The Morgan fingerprint density at radius 1 is 0.821 bits per heavy atom. The highest BCUT2D eigenvalue weighted by Gasteiger charge is 2.34. The van der Waals surface area contributed by atoms with Gasteiger partial charge in [-0.25, -0.2) is 0 Å². The molecule has 1 aliphatic rings. The number of halogens is 3. The Hall–Kier alpha value is -2.27. The predicted molar refractivity (Wildman–Crippen MR) is 119 cm³/mol. The predicted octanol–water partition coefficient (Wildman–Crippen LogP) is 6.84. The summed E-state index contributed by atoms with van der Waals surface area (Å²) in [6.07, 6.45) is 1.94. The van der Waals surface area contributed by atoms with Gasteiger partial charge in [0.2, 0.25) is 0 Å². The molecule has 1 N–H and O–H groups in total. The zero-order valence-corrected chi connectivity index (χ0v) is 17.7. The second kappa shape index (κ2) is 8.00. The van der Waals surface area contributed by atoms with Crippen LogP contribution in [0, 0.1) is 0 Å². The van der Waals surface area contributed by atoms with E-state index in [-0.39, 0.29) is 11.9 Å². The number of carbonyl (C=O) groups excluding carboxylic acids is 1. The third-order valence-corrected chi connectivity index (χ3v) is 5.52. The molecule has 0 unspecified atom stereocenters. The summed E-state index contributed by atoms with van der Waals surface area (Å²) in [5.41, 5.74) is 3.12. The quantitative estimate of drug-likeness (QED) is 0.449. The van der Waals surface area contributed by atoms with Crippen LogP contribution in [0.15, 0.2) is 89.0 Å². The number of amides is 1. The monoisotopic (exact) mass is 472 g/mol. The van der Waals surface area contributed by atoms with Crippen molar-refractivity contribution in [2.75, 3.05) is 10.2 Å². The van der Waals surface area contributed by atoms with E-state index in [1.165, 1.54) is 0 Å². The number of hydrogen-bond donors (Lipinski definition) is 1. The Labute approximate surface area is 181 Å². The fraction of sp³-hybridized carbons (Fsp3) is 0.0455. The Kier molecular flexibility index (Phi) is 5.44. The SMILES string of the molecule is O=C1C(Nc2ccc(Cl)cc2)=C[C@@H](c2ccc(Br)cc2)N1c1ccc(Cl)cc1. The third-order valence-electron chi connectivity index (χ3n) is 4.49. The van der Waals surface area contributed by atoms with Crippen molar-refractivity contribution < 1.29 is 4.79 Å². The lowest BCUT2D eigenvalue weighted by Crippen LogP contribution is -2.30. The van der Waals surface area contributed by atoms with E-state index in [0.717, 1.165) is 21.4 Å². The molecule has 0 radical (unpaired) electrons. The van der Waals surface area contributed by atoms with Crippen LogP contribution in [0.4, 0.5) is 11.4 Å². The molecule has 6 heteroatoms. The Bertz CT molecular complexity index is 1030. The lowest BCUT2D eigenvalue weighted by Gasteiger charge is -2.25. The molecule has 0 bridgehead atoms. The molecular weight excluding hydrogens is 459 g/mol. The number of nitrogens with one attached hydrogen (secondary N) is 1. The number of anilines is 2. The lowest BCUT2D eigenvalue weighted by atomic mass is 10.1. The Morgan fingerprint density at radius 3 is 2.00 bits per heavy atom. The standard InChI is InChI=1S/C22H15BrCl2N2O/c23-15-3-1-14(2-4-15)21-13-20(26-18-9-5-16(24)6-10-18)22(28)27(21)19-11-7-17(25)8-12-19/h1-13,21,26H/t21-/m0/s1. The van der Waals surface area contributed by atoms with Crippen LogP contribution in [-0.4, -0.2) is 5.91 Å². The molecule has 1 heterocycles. The van der Waals surface area contributed by atoms with E-state index in [1.54, 1.807) is 29.2 Å². The largest absolute Gasteiger partial charge is 0.351 e. The molecule has 0 fully saturated rings. The van der Waals surface area contributed by atoms with Gasteiger partial charge < -0.3 is 5.32 Å².